The average molecular weight is 535 g/mol. The molecule has 0 saturated carbocycles. The van der Waals surface area contributed by atoms with Crippen molar-refractivity contribution in [1.82, 2.24) is 16.0 Å². The Morgan fingerprint density at radius 2 is 1.35 bits per heavy atom. The van der Waals surface area contributed by atoms with Crippen LogP contribution < -0.4 is 20.7 Å². The Balaban J connectivity index is 1.56. The van der Waals surface area contributed by atoms with Crippen molar-refractivity contribution in [1.29, 1.82) is 0 Å². The van der Waals surface area contributed by atoms with E-state index in [9.17, 15) is 9.59 Å². The van der Waals surface area contributed by atoms with Crippen LogP contribution in [0.25, 0.3) is 0 Å². The highest BCUT2D eigenvalue weighted by Crippen LogP contribution is 2.25. The van der Waals surface area contributed by atoms with Crippen LogP contribution in [0.3, 0.4) is 0 Å². The third-order valence-electron chi connectivity index (χ3n) is 6.51. The Kier molecular flexibility index (Phi) is 10.0. The first-order valence-electron chi connectivity index (χ1n) is 13.2. The van der Waals surface area contributed by atoms with Gasteiger partial charge in [0.25, 0.3) is 0 Å². The van der Waals surface area contributed by atoms with E-state index in [-0.39, 0.29) is 11.8 Å². The summed E-state index contributed by atoms with van der Waals surface area (Å²) in [5.74, 6) is -0.313. The van der Waals surface area contributed by atoms with Crippen LogP contribution in [0.4, 0.5) is 5.69 Å². The summed E-state index contributed by atoms with van der Waals surface area (Å²) in [7, 11) is 3.40. The SMILES string of the molecule is CN/C=N/c1ccc(CC(NC(=O)C(c2ccccc2)c2ccccc2)C(=O)NCc2ccc(OC)cc2)cc1. The van der Waals surface area contributed by atoms with Crippen LogP contribution in [-0.4, -0.2) is 38.4 Å². The lowest BCUT2D eigenvalue weighted by atomic mass is 9.90. The predicted octanol–water partition coefficient (Wildman–Crippen LogP) is 4.75. The van der Waals surface area contributed by atoms with Crippen molar-refractivity contribution in [3.8, 4) is 5.75 Å². The number of nitrogens with one attached hydrogen (secondary N) is 3. The first kappa shape index (κ1) is 28.1. The second-order valence-electron chi connectivity index (χ2n) is 9.30. The minimum Gasteiger partial charge on any atom is -0.497 e. The van der Waals surface area contributed by atoms with Crippen molar-refractivity contribution in [2.45, 2.75) is 24.9 Å². The van der Waals surface area contributed by atoms with Gasteiger partial charge in [-0.2, -0.15) is 0 Å². The fourth-order valence-corrected chi connectivity index (χ4v) is 4.40. The maximum Gasteiger partial charge on any atom is 0.243 e. The van der Waals surface area contributed by atoms with Crippen molar-refractivity contribution in [3.63, 3.8) is 0 Å². The normalized spacial score (nSPS) is 11.7. The zero-order valence-corrected chi connectivity index (χ0v) is 22.7. The molecule has 0 aromatic heterocycles. The highest BCUT2D eigenvalue weighted by atomic mass is 16.5. The molecule has 0 saturated heterocycles. The molecule has 0 aliphatic heterocycles. The van der Waals surface area contributed by atoms with E-state index in [1.807, 2.05) is 109 Å². The second-order valence-corrected chi connectivity index (χ2v) is 9.30. The quantitative estimate of drug-likeness (QED) is 0.181. The molecule has 0 heterocycles. The minimum absolute atomic E-state index is 0.239. The van der Waals surface area contributed by atoms with Gasteiger partial charge in [-0.3, -0.25) is 9.59 Å². The number of hydrogen-bond donors (Lipinski definition) is 3. The number of amides is 2. The first-order valence-corrected chi connectivity index (χ1v) is 13.2. The number of carbonyl (C=O) groups is 2. The molecule has 4 aromatic carbocycles. The van der Waals surface area contributed by atoms with Crippen LogP contribution in [0.5, 0.6) is 5.75 Å². The van der Waals surface area contributed by atoms with Gasteiger partial charge in [-0.25, -0.2) is 4.99 Å². The van der Waals surface area contributed by atoms with Crippen molar-refractivity contribution >= 4 is 23.8 Å². The van der Waals surface area contributed by atoms with E-state index in [0.29, 0.717) is 13.0 Å². The predicted molar refractivity (Wildman–Crippen MR) is 159 cm³/mol. The summed E-state index contributed by atoms with van der Waals surface area (Å²) in [5.41, 5.74) is 4.34. The Bertz CT molecular complexity index is 1350. The van der Waals surface area contributed by atoms with Crippen LogP contribution in [0.2, 0.25) is 0 Å². The van der Waals surface area contributed by atoms with Crippen molar-refractivity contribution in [3.05, 3.63) is 131 Å². The third-order valence-corrected chi connectivity index (χ3v) is 6.51. The number of carbonyl (C=O) groups excluding carboxylic acids is 2. The molecule has 0 fully saturated rings. The number of benzene rings is 4. The molecular formula is C33H34N4O3. The molecule has 7 nitrogen and oxygen atoms in total. The van der Waals surface area contributed by atoms with E-state index in [4.69, 9.17) is 4.74 Å². The van der Waals surface area contributed by atoms with Gasteiger partial charge in [-0.1, -0.05) is 84.9 Å². The summed E-state index contributed by atoms with van der Waals surface area (Å²) in [4.78, 5) is 31.6. The molecule has 0 aliphatic carbocycles. The Labute approximate surface area is 235 Å². The van der Waals surface area contributed by atoms with Crippen molar-refractivity contribution in [2.75, 3.05) is 14.2 Å². The lowest BCUT2D eigenvalue weighted by Crippen LogP contribution is -2.49. The number of rotatable bonds is 12. The maximum atomic E-state index is 13.8. The maximum absolute atomic E-state index is 13.8. The molecule has 0 bridgehead atoms. The summed E-state index contributed by atoms with van der Waals surface area (Å²) in [5, 5.41) is 8.92. The van der Waals surface area contributed by atoms with Crippen LogP contribution >= 0.6 is 0 Å². The topological polar surface area (TPSA) is 91.8 Å². The second kappa shape index (κ2) is 14.3. The van der Waals surface area contributed by atoms with E-state index in [1.165, 1.54) is 0 Å². The van der Waals surface area contributed by atoms with Gasteiger partial charge in [0.1, 0.15) is 11.8 Å². The van der Waals surface area contributed by atoms with Gasteiger partial charge in [0.2, 0.25) is 11.8 Å². The van der Waals surface area contributed by atoms with Crippen LogP contribution in [-0.2, 0) is 22.6 Å². The molecule has 0 radical (unpaired) electrons. The van der Waals surface area contributed by atoms with Gasteiger partial charge in [-0.05, 0) is 46.5 Å². The molecule has 1 unspecified atom stereocenters. The zero-order valence-electron chi connectivity index (χ0n) is 22.7. The molecule has 3 N–H and O–H groups in total. The molecule has 4 aromatic rings. The summed E-state index contributed by atoms with van der Waals surface area (Å²) in [6, 6.07) is 33.5. The Morgan fingerprint density at radius 3 is 1.90 bits per heavy atom. The van der Waals surface area contributed by atoms with Gasteiger partial charge >= 0.3 is 0 Å². The fourth-order valence-electron chi connectivity index (χ4n) is 4.40. The molecule has 0 spiro atoms. The Morgan fingerprint density at radius 1 is 0.775 bits per heavy atom. The highest BCUT2D eigenvalue weighted by Gasteiger charge is 2.28. The number of ether oxygens (including phenoxy) is 1. The van der Waals surface area contributed by atoms with Crippen LogP contribution in [0, 0.1) is 0 Å². The molecule has 1 atom stereocenters. The first-order chi connectivity index (χ1) is 19.6. The molecule has 2 amide bonds. The number of methoxy groups -OCH3 is 1. The van der Waals surface area contributed by atoms with E-state index in [0.717, 1.165) is 33.7 Å². The largest absolute Gasteiger partial charge is 0.497 e. The van der Waals surface area contributed by atoms with Crippen molar-refractivity contribution in [2.24, 2.45) is 4.99 Å². The van der Waals surface area contributed by atoms with Gasteiger partial charge in [-0.15, -0.1) is 0 Å². The van der Waals surface area contributed by atoms with Crippen LogP contribution in [0.1, 0.15) is 28.2 Å². The molecule has 0 aliphatic rings. The monoisotopic (exact) mass is 534 g/mol. The van der Waals surface area contributed by atoms with E-state index < -0.39 is 12.0 Å². The van der Waals surface area contributed by atoms with Gasteiger partial charge < -0.3 is 20.7 Å². The van der Waals surface area contributed by atoms with Crippen molar-refractivity contribution < 1.29 is 14.3 Å². The molecule has 40 heavy (non-hydrogen) atoms. The van der Waals surface area contributed by atoms with Gasteiger partial charge in [0.15, 0.2) is 0 Å². The highest BCUT2D eigenvalue weighted by molar-refractivity contribution is 5.92. The Hall–Kier alpha value is -4.91. The average Bonchev–Trinajstić information content (AvgIpc) is 3.00. The smallest absolute Gasteiger partial charge is 0.243 e. The van der Waals surface area contributed by atoms with E-state index in [1.54, 1.807) is 20.5 Å². The molecule has 4 rings (SSSR count). The fraction of sp³-hybridized carbons (Fsp3) is 0.182. The zero-order chi connectivity index (χ0) is 28.2. The van der Waals surface area contributed by atoms with E-state index in [2.05, 4.69) is 20.9 Å². The summed E-state index contributed by atoms with van der Waals surface area (Å²) >= 11 is 0. The standard InChI is InChI=1S/C33H34N4O3/c1-34-23-36-28-17-13-24(14-18-28)21-30(32(38)35-22-25-15-19-29(40-2)20-16-25)37-33(39)31(26-9-5-3-6-10-26)27-11-7-4-8-12-27/h3-20,23,30-31H,21-22H2,1-2H3,(H,34,36)(H,35,38)(H,37,39). The summed E-state index contributed by atoms with van der Waals surface area (Å²) < 4.78 is 5.22. The van der Waals surface area contributed by atoms with Gasteiger partial charge in [0, 0.05) is 20.0 Å². The minimum atomic E-state index is -0.785. The number of aliphatic imine (C=N–C) groups is 1. The molecule has 204 valence electrons. The van der Waals surface area contributed by atoms with E-state index >= 15 is 0 Å². The molecule has 7 heteroatoms. The van der Waals surface area contributed by atoms with Crippen LogP contribution in [0.15, 0.2) is 114 Å². The number of nitrogens with zero attached hydrogens (tertiary/aromatic N) is 1. The lowest BCUT2D eigenvalue weighted by Gasteiger charge is -2.23. The lowest BCUT2D eigenvalue weighted by molar-refractivity contribution is -0.129. The summed E-state index contributed by atoms with van der Waals surface area (Å²) in [6.07, 6.45) is 1.93. The summed E-state index contributed by atoms with van der Waals surface area (Å²) in [6.45, 7) is 0.327. The van der Waals surface area contributed by atoms with Gasteiger partial charge in [0.05, 0.1) is 25.1 Å². The molecular weight excluding hydrogens is 500 g/mol. The number of hydrogen-bond acceptors (Lipinski definition) is 4. The third kappa shape index (κ3) is 7.80.